The molecule has 0 fully saturated rings. The monoisotopic (exact) mass is 383 g/mol. The lowest BCUT2D eigenvalue weighted by Gasteiger charge is -2.22. The minimum atomic E-state index is -3.59. The van der Waals surface area contributed by atoms with Crippen LogP contribution < -0.4 is 4.18 Å². The van der Waals surface area contributed by atoms with Crippen molar-refractivity contribution in [3.05, 3.63) is 52.2 Å². The Morgan fingerprint density at radius 3 is 2.68 bits per heavy atom. The molecule has 8 heteroatoms. The summed E-state index contributed by atoms with van der Waals surface area (Å²) in [5.74, 6) is 0.228. The van der Waals surface area contributed by atoms with E-state index in [0.29, 0.717) is 26.1 Å². The van der Waals surface area contributed by atoms with Crippen molar-refractivity contribution in [3.8, 4) is 5.75 Å². The predicted octanol–water partition coefficient (Wildman–Crippen LogP) is 2.30. The average molecular weight is 383 g/mol. The van der Waals surface area contributed by atoms with Crippen LogP contribution in [-0.2, 0) is 32.6 Å². The summed E-state index contributed by atoms with van der Waals surface area (Å²) in [6.45, 7) is 1.24. The number of carbonyl (C=O) groups is 1. The van der Waals surface area contributed by atoms with Crippen LogP contribution in [0.3, 0.4) is 0 Å². The van der Waals surface area contributed by atoms with Crippen molar-refractivity contribution in [3.63, 3.8) is 0 Å². The Morgan fingerprint density at radius 2 is 2.04 bits per heavy atom. The number of thiophene rings is 1. The fraction of sp³-hybridized carbons (Fsp3) is 0.353. The molecule has 2 rings (SSSR count). The molecule has 0 saturated heterocycles. The molecule has 0 unspecified atom stereocenters. The van der Waals surface area contributed by atoms with Crippen LogP contribution in [0.2, 0.25) is 0 Å². The van der Waals surface area contributed by atoms with Crippen LogP contribution in [-0.4, -0.2) is 45.7 Å². The number of rotatable bonds is 9. The molecule has 1 aromatic carbocycles. The Bertz CT molecular complexity index is 787. The van der Waals surface area contributed by atoms with E-state index in [-0.39, 0.29) is 11.7 Å². The second-order valence-electron chi connectivity index (χ2n) is 5.50. The summed E-state index contributed by atoms with van der Waals surface area (Å²) in [6, 6.07) is 10.6. The van der Waals surface area contributed by atoms with Crippen molar-refractivity contribution in [2.45, 2.75) is 13.0 Å². The first-order valence-electron chi connectivity index (χ1n) is 7.65. The van der Waals surface area contributed by atoms with E-state index in [0.717, 1.165) is 16.7 Å². The number of amides is 1. The fourth-order valence-electron chi connectivity index (χ4n) is 2.26. The van der Waals surface area contributed by atoms with Gasteiger partial charge in [-0.1, -0.05) is 18.2 Å². The van der Waals surface area contributed by atoms with Crippen molar-refractivity contribution in [1.82, 2.24) is 4.90 Å². The Labute approximate surface area is 152 Å². The molecule has 6 nitrogen and oxygen atoms in total. The van der Waals surface area contributed by atoms with Crippen LogP contribution >= 0.6 is 11.3 Å². The van der Waals surface area contributed by atoms with E-state index in [4.69, 9.17) is 8.92 Å². The molecule has 25 heavy (non-hydrogen) atoms. The van der Waals surface area contributed by atoms with E-state index < -0.39 is 10.1 Å². The number of carbonyl (C=O) groups excluding carboxylic acids is 1. The standard InChI is InChI=1S/C17H21NO5S2/c1-22-9-8-18(17(19)12-16-7-4-10-24-16)13-14-5-3-6-15(11-14)23-25(2,20)21/h3-7,10-11H,8-9,12-13H2,1-2H3. The van der Waals surface area contributed by atoms with Crippen molar-refractivity contribution in [2.75, 3.05) is 26.5 Å². The molecule has 0 aliphatic rings. The molecule has 0 aliphatic heterocycles. The van der Waals surface area contributed by atoms with Crippen LogP contribution in [0.25, 0.3) is 0 Å². The zero-order valence-electron chi connectivity index (χ0n) is 14.2. The molecular formula is C17H21NO5S2. The first-order valence-corrected chi connectivity index (χ1v) is 10.3. The van der Waals surface area contributed by atoms with Gasteiger partial charge in [0.25, 0.3) is 0 Å². The lowest BCUT2D eigenvalue weighted by Crippen LogP contribution is -2.34. The van der Waals surface area contributed by atoms with Gasteiger partial charge in [0.05, 0.1) is 19.3 Å². The molecule has 0 saturated carbocycles. The summed E-state index contributed by atoms with van der Waals surface area (Å²) in [5.41, 5.74) is 0.789. The normalized spacial score (nSPS) is 11.3. The van der Waals surface area contributed by atoms with Crippen molar-refractivity contribution in [2.24, 2.45) is 0 Å². The van der Waals surface area contributed by atoms with Crippen LogP contribution in [0, 0.1) is 0 Å². The van der Waals surface area contributed by atoms with Gasteiger partial charge in [-0.05, 0) is 29.1 Å². The second kappa shape index (κ2) is 8.98. The highest BCUT2D eigenvalue weighted by Crippen LogP contribution is 2.18. The molecule has 0 aliphatic carbocycles. The van der Waals surface area contributed by atoms with Crippen molar-refractivity contribution < 1.29 is 22.1 Å². The van der Waals surface area contributed by atoms with Gasteiger partial charge in [0.1, 0.15) is 5.75 Å². The SMILES string of the molecule is COCCN(Cc1cccc(OS(C)(=O)=O)c1)C(=O)Cc1cccs1. The van der Waals surface area contributed by atoms with E-state index in [1.54, 1.807) is 41.5 Å². The maximum Gasteiger partial charge on any atom is 0.306 e. The third-order valence-electron chi connectivity index (χ3n) is 3.34. The average Bonchev–Trinajstić information content (AvgIpc) is 3.03. The molecule has 1 aromatic heterocycles. The molecule has 0 bridgehead atoms. The maximum atomic E-state index is 12.6. The van der Waals surface area contributed by atoms with Gasteiger partial charge in [0.2, 0.25) is 5.91 Å². The van der Waals surface area contributed by atoms with Gasteiger partial charge in [-0.15, -0.1) is 11.3 Å². The summed E-state index contributed by atoms with van der Waals surface area (Å²) < 4.78 is 32.5. The Hall–Kier alpha value is -1.90. The zero-order chi connectivity index (χ0) is 18.3. The van der Waals surface area contributed by atoms with Crippen LogP contribution in [0.15, 0.2) is 41.8 Å². The molecule has 1 heterocycles. The summed E-state index contributed by atoms with van der Waals surface area (Å²) in [7, 11) is -2.00. The Morgan fingerprint density at radius 1 is 1.24 bits per heavy atom. The molecule has 0 N–H and O–H groups in total. The fourth-order valence-corrected chi connectivity index (χ4v) is 3.41. The van der Waals surface area contributed by atoms with Gasteiger partial charge < -0.3 is 13.8 Å². The van der Waals surface area contributed by atoms with Gasteiger partial charge in [-0.2, -0.15) is 8.42 Å². The first-order chi connectivity index (χ1) is 11.9. The van der Waals surface area contributed by atoms with Gasteiger partial charge in [-0.25, -0.2) is 0 Å². The molecule has 2 aromatic rings. The molecular weight excluding hydrogens is 362 g/mol. The lowest BCUT2D eigenvalue weighted by atomic mass is 10.2. The highest BCUT2D eigenvalue weighted by atomic mass is 32.2. The van der Waals surface area contributed by atoms with Gasteiger partial charge in [0, 0.05) is 25.1 Å². The molecule has 1 amide bonds. The van der Waals surface area contributed by atoms with Crippen LogP contribution in [0.1, 0.15) is 10.4 Å². The number of nitrogens with zero attached hydrogens (tertiary/aromatic N) is 1. The summed E-state index contributed by atoms with van der Waals surface area (Å²) in [6.07, 6.45) is 1.33. The topological polar surface area (TPSA) is 72.9 Å². The van der Waals surface area contributed by atoms with Crippen LogP contribution in [0.5, 0.6) is 5.75 Å². The minimum absolute atomic E-state index is 0.00562. The van der Waals surface area contributed by atoms with Gasteiger partial charge in [-0.3, -0.25) is 4.79 Å². The van der Waals surface area contributed by atoms with Crippen LogP contribution in [0.4, 0.5) is 0 Å². The van der Waals surface area contributed by atoms with E-state index in [1.165, 1.54) is 0 Å². The highest BCUT2D eigenvalue weighted by molar-refractivity contribution is 7.86. The summed E-state index contributed by atoms with van der Waals surface area (Å²) in [5, 5.41) is 1.94. The Balaban J connectivity index is 2.10. The van der Waals surface area contributed by atoms with E-state index in [9.17, 15) is 13.2 Å². The number of ether oxygens (including phenoxy) is 1. The third kappa shape index (κ3) is 6.85. The third-order valence-corrected chi connectivity index (χ3v) is 4.71. The molecule has 0 spiro atoms. The smallest absolute Gasteiger partial charge is 0.306 e. The van der Waals surface area contributed by atoms with E-state index in [2.05, 4.69) is 0 Å². The predicted molar refractivity (Wildman–Crippen MR) is 97.2 cm³/mol. The molecule has 0 radical (unpaired) electrons. The lowest BCUT2D eigenvalue weighted by molar-refractivity contribution is -0.131. The summed E-state index contributed by atoms with van der Waals surface area (Å²) >= 11 is 1.54. The highest BCUT2D eigenvalue weighted by Gasteiger charge is 2.16. The van der Waals surface area contributed by atoms with Crippen molar-refractivity contribution >= 4 is 27.4 Å². The molecule has 0 atom stereocenters. The second-order valence-corrected chi connectivity index (χ2v) is 8.11. The Kier molecular flexibility index (Phi) is 6.98. The number of benzene rings is 1. The van der Waals surface area contributed by atoms with E-state index >= 15 is 0 Å². The maximum absolute atomic E-state index is 12.6. The largest absolute Gasteiger partial charge is 0.383 e. The zero-order valence-corrected chi connectivity index (χ0v) is 15.8. The summed E-state index contributed by atoms with van der Waals surface area (Å²) in [4.78, 5) is 15.3. The van der Waals surface area contributed by atoms with Gasteiger partial charge in [0.15, 0.2) is 0 Å². The first kappa shape index (κ1) is 19.4. The van der Waals surface area contributed by atoms with E-state index in [1.807, 2.05) is 23.6 Å². The van der Waals surface area contributed by atoms with Gasteiger partial charge >= 0.3 is 10.1 Å². The number of hydrogen-bond donors (Lipinski definition) is 0. The molecule has 136 valence electrons. The number of methoxy groups -OCH3 is 1. The minimum Gasteiger partial charge on any atom is -0.383 e. The quantitative estimate of drug-likeness (QED) is 0.621. The van der Waals surface area contributed by atoms with Crippen molar-refractivity contribution in [1.29, 1.82) is 0 Å². The number of hydrogen-bond acceptors (Lipinski definition) is 6.